The normalized spacial score (nSPS) is 12.2. The first-order valence-electron chi connectivity index (χ1n) is 4.69. The molecule has 14 heavy (non-hydrogen) atoms. The minimum atomic E-state index is 0. The number of halogens is 2. The van der Waals surface area contributed by atoms with Crippen LogP contribution < -0.4 is 24.8 Å². The van der Waals surface area contributed by atoms with E-state index >= 15 is 0 Å². The van der Waals surface area contributed by atoms with Crippen molar-refractivity contribution in [2.45, 2.75) is 45.4 Å². The molecule has 0 bridgehead atoms. The van der Waals surface area contributed by atoms with E-state index in [0.29, 0.717) is 0 Å². The second kappa shape index (κ2) is 13.9. The van der Waals surface area contributed by atoms with Crippen LogP contribution in [0.5, 0.6) is 0 Å². The van der Waals surface area contributed by atoms with Crippen LogP contribution in [-0.2, 0) is 25.8 Å². The smallest absolute Gasteiger partial charge is 0 e. The fraction of sp³-hybridized carbons (Fsp3) is 0.636. The average Bonchev–Trinajstić information content (AvgIpc) is 2.50. The third kappa shape index (κ3) is 9.48. The van der Waals surface area contributed by atoms with Crippen LogP contribution in [-0.4, -0.2) is 0 Å². The fourth-order valence-corrected chi connectivity index (χ4v) is 1.36. The molecule has 0 amide bonds. The maximum atomic E-state index is 3.34. The zero-order valence-corrected chi connectivity index (χ0v) is 13.8. The molecular weight excluding hydrogens is 382 g/mol. The molecule has 0 saturated heterocycles. The summed E-state index contributed by atoms with van der Waals surface area (Å²) in [5, 5.41) is 0. The van der Waals surface area contributed by atoms with Crippen molar-refractivity contribution in [2.75, 3.05) is 0 Å². The van der Waals surface area contributed by atoms with Crippen molar-refractivity contribution in [3.05, 3.63) is 23.8 Å². The van der Waals surface area contributed by atoms with E-state index < -0.39 is 0 Å². The van der Waals surface area contributed by atoms with Crippen LogP contribution in [0, 0.1) is 6.08 Å². The zero-order valence-electron chi connectivity index (χ0n) is 8.65. The Balaban J connectivity index is -0.000000403. The van der Waals surface area contributed by atoms with Crippen molar-refractivity contribution in [3.8, 4) is 0 Å². The van der Waals surface area contributed by atoms with Gasteiger partial charge in [0.15, 0.2) is 0 Å². The van der Waals surface area contributed by atoms with Crippen molar-refractivity contribution in [1.29, 1.82) is 0 Å². The van der Waals surface area contributed by atoms with Crippen LogP contribution in [0.25, 0.3) is 0 Å². The number of hydrogen-bond acceptors (Lipinski definition) is 0. The van der Waals surface area contributed by atoms with Crippen LogP contribution in [0.15, 0.2) is 17.7 Å². The van der Waals surface area contributed by atoms with Crippen molar-refractivity contribution in [3.63, 3.8) is 0 Å². The summed E-state index contributed by atoms with van der Waals surface area (Å²) in [5.74, 6) is 0. The molecule has 0 unspecified atom stereocenters. The van der Waals surface area contributed by atoms with Crippen LogP contribution in [0.2, 0.25) is 0 Å². The number of hydrogen-bond donors (Lipinski definition) is 0. The third-order valence-corrected chi connectivity index (χ3v) is 2.07. The van der Waals surface area contributed by atoms with Gasteiger partial charge in [-0.1, -0.05) is 39.0 Å². The molecule has 1 rings (SSSR count). The van der Waals surface area contributed by atoms with Gasteiger partial charge in [0.05, 0.1) is 0 Å². The monoisotopic (exact) mass is 399 g/mol. The summed E-state index contributed by atoms with van der Waals surface area (Å²) in [5.41, 5.74) is 1.43. The SMILES string of the molecule is CCCCCCC1=[C-]CC=C1.[Cl-].[Cl-].[Hf]. The second-order valence-electron chi connectivity index (χ2n) is 3.12. The molecule has 0 radical (unpaired) electrons. The summed E-state index contributed by atoms with van der Waals surface area (Å²) < 4.78 is 0. The van der Waals surface area contributed by atoms with Gasteiger partial charge in [-0.3, -0.25) is 6.08 Å². The summed E-state index contributed by atoms with van der Waals surface area (Å²) in [6.45, 7) is 2.25. The minimum Gasteiger partial charge on any atom is -1.00 e. The molecule has 1 aliphatic rings. The minimum absolute atomic E-state index is 0. The van der Waals surface area contributed by atoms with Crippen LogP contribution in [0.1, 0.15) is 45.4 Å². The van der Waals surface area contributed by atoms with Crippen molar-refractivity contribution < 1.29 is 50.7 Å². The van der Waals surface area contributed by atoms with E-state index in [1.54, 1.807) is 0 Å². The topological polar surface area (TPSA) is 0 Å². The molecule has 3 heteroatoms. The van der Waals surface area contributed by atoms with E-state index in [4.69, 9.17) is 0 Å². The Labute approximate surface area is 119 Å². The van der Waals surface area contributed by atoms with Crippen molar-refractivity contribution in [1.82, 2.24) is 0 Å². The van der Waals surface area contributed by atoms with Gasteiger partial charge < -0.3 is 24.8 Å². The van der Waals surface area contributed by atoms with Gasteiger partial charge in [-0.05, 0) is 0 Å². The molecule has 1 aliphatic carbocycles. The molecule has 0 nitrogen and oxygen atoms in total. The van der Waals surface area contributed by atoms with E-state index in [0.717, 1.165) is 6.42 Å². The Bertz CT molecular complexity index is 165. The molecule has 0 aromatic carbocycles. The van der Waals surface area contributed by atoms with E-state index in [1.165, 1.54) is 37.7 Å². The van der Waals surface area contributed by atoms with Gasteiger partial charge in [0.2, 0.25) is 0 Å². The van der Waals surface area contributed by atoms with Gasteiger partial charge in [-0.15, -0.1) is 6.42 Å². The van der Waals surface area contributed by atoms with Crippen LogP contribution in [0.3, 0.4) is 0 Å². The molecule has 0 spiro atoms. The Morgan fingerprint density at radius 1 is 1.21 bits per heavy atom. The first kappa shape index (κ1) is 20.4. The largest absolute Gasteiger partial charge is 1.00 e. The predicted octanol–water partition coefficient (Wildman–Crippen LogP) is -2.35. The summed E-state index contributed by atoms with van der Waals surface area (Å²) in [6, 6.07) is 0. The molecular formula is C11H17Cl2Hf-3. The molecule has 0 aromatic rings. The maximum Gasteiger partial charge on any atom is 0 e. The van der Waals surface area contributed by atoms with Gasteiger partial charge in [0.1, 0.15) is 0 Å². The molecule has 0 heterocycles. The maximum absolute atomic E-state index is 3.34. The Hall–Kier alpha value is 0.930. The Kier molecular flexibility index (Phi) is 20.3. The summed E-state index contributed by atoms with van der Waals surface area (Å²) >= 11 is 0. The van der Waals surface area contributed by atoms with Gasteiger partial charge in [-0.25, -0.2) is 11.6 Å². The van der Waals surface area contributed by atoms with Gasteiger partial charge in [0.25, 0.3) is 0 Å². The first-order chi connectivity index (χ1) is 5.43. The summed E-state index contributed by atoms with van der Waals surface area (Å²) in [6.07, 6.45) is 15.5. The fourth-order valence-electron chi connectivity index (χ4n) is 1.36. The predicted molar refractivity (Wildman–Crippen MR) is 49.3 cm³/mol. The quantitative estimate of drug-likeness (QED) is 0.276. The molecule has 0 aromatic heterocycles. The van der Waals surface area contributed by atoms with Crippen LogP contribution >= 0.6 is 0 Å². The van der Waals surface area contributed by atoms with Crippen molar-refractivity contribution in [2.24, 2.45) is 0 Å². The first-order valence-corrected chi connectivity index (χ1v) is 4.69. The standard InChI is InChI=1S/C11H17.2ClH.Hf/c1-2-3-4-5-8-11-9-6-7-10-11;;;/h6,9H,2-5,7-8H2,1H3;2*1H;/q-1;;;/p-2. The zero-order chi connectivity index (χ0) is 7.94. The summed E-state index contributed by atoms with van der Waals surface area (Å²) in [7, 11) is 0. The van der Waals surface area contributed by atoms with E-state index in [-0.39, 0.29) is 50.7 Å². The second-order valence-corrected chi connectivity index (χ2v) is 3.12. The number of unbranched alkanes of at least 4 members (excludes halogenated alkanes) is 3. The summed E-state index contributed by atoms with van der Waals surface area (Å²) in [4.78, 5) is 0. The average molecular weight is 399 g/mol. The van der Waals surface area contributed by atoms with Gasteiger partial charge >= 0.3 is 0 Å². The molecule has 0 fully saturated rings. The van der Waals surface area contributed by atoms with Crippen molar-refractivity contribution >= 4 is 0 Å². The van der Waals surface area contributed by atoms with Crippen LogP contribution in [0.4, 0.5) is 0 Å². The molecule has 0 atom stereocenters. The molecule has 82 valence electrons. The number of rotatable bonds is 5. The third-order valence-electron chi connectivity index (χ3n) is 2.07. The van der Waals surface area contributed by atoms with E-state index in [9.17, 15) is 0 Å². The molecule has 0 N–H and O–H groups in total. The van der Waals surface area contributed by atoms with E-state index in [2.05, 4.69) is 25.2 Å². The number of allylic oxidation sites excluding steroid dienone is 4. The molecule has 0 aliphatic heterocycles. The Morgan fingerprint density at radius 3 is 2.43 bits per heavy atom. The van der Waals surface area contributed by atoms with Gasteiger partial charge in [-0.2, -0.15) is 6.08 Å². The van der Waals surface area contributed by atoms with E-state index in [1.807, 2.05) is 0 Å². The van der Waals surface area contributed by atoms with Gasteiger partial charge in [0, 0.05) is 25.8 Å². The Morgan fingerprint density at radius 2 is 1.93 bits per heavy atom. The molecule has 0 saturated carbocycles.